The summed E-state index contributed by atoms with van der Waals surface area (Å²) in [6.07, 6.45) is -0.686. The summed E-state index contributed by atoms with van der Waals surface area (Å²) in [5, 5.41) is 21.7. The van der Waals surface area contributed by atoms with Gasteiger partial charge in [-0.1, -0.05) is 0 Å². The van der Waals surface area contributed by atoms with Crippen molar-refractivity contribution in [2.24, 2.45) is 0 Å². The van der Waals surface area contributed by atoms with E-state index in [0.717, 1.165) is 0 Å². The molecular weight excluding hydrogens is 458 g/mol. The van der Waals surface area contributed by atoms with E-state index in [2.05, 4.69) is 15.9 Å². The van der Waals surface area contributed by atoms with Gasteiger partial charge in [0, 0.05) is 24.1 Å². The minimum Gasteiger partial charge on any atom is -0.507 e. The largest absolute Gasteiger partial charge is 0.507 e. The van der Waals surface area contributed by atoms with Gasteiger partial charge in [0.25, 0.3) is 0 Å². The number of nitrogens with zero attached hydrogens (tertiary/aromatic N) is 1. The molecule has 2 N–H and O–H groups in total. The van der Waals surface area contributed by atoms with Crippen LogP contribution in [0.4, 0.5) is 0 Å². The van der Waals surface area contributed by atoms with Crippen molar-refractivity contribution in [2.45, 2.75) is 24.9 Å². The van der Waals surface area contributed by atoms with Crippen molar-refractivity contribution >= 4 is 27.5 Å². The maximum atomic E-state index is 13.0. The first-order valence-electron chi connectivity index (χ1n) is 9.43. The number of rotatable bonds is 7. The van der Waals surface area contributed by atoms with Crippen LogP contribution in [0.1, 0.15) is 45.2 Å². The number of piperidine rings is 1. The smallest absolute Gasteiger partial charge is 0.205 e. The summed E-state index contributed by atoms with van der Waals surface area (Å²) < 4.78 is 16.3. The minimum absolute atomic E-state index is 0.0353. The number of phenols is 1. The first kappa shape index (κ1) is 22.3. The van der Waals surface area contributed by atoms with Gasteiger partial charge in [-0.3, -0.25) is 9.59 Å². The average Bonchev–Trinajstić information content (AvgIpc) is 3.14. The van der Waals surface area contributed by atoms with E-state index in [1.165, 1.54) is 26.4 Å². The van der Waals surface area contributed by atoms with E-state index < -0.39 is 30.0 Å². The summed E-state index contributed by atoms with van der Waals surface area (Å²) in [6.45, 7) is 1.14. The highest BCUT2D eigenvalue weighted by Crippen LogP contribution is 2.46. The second-order valence-electron chi connectivity index (χ2n) is 7.27. The number of Topliss-reactive ketones (excluding diaryl/α,β-unsaturated/α-hetero) is 2. The Labute approximate surface area is 182 Å². The molecule has 9 heteroatoms. The van der Waals surface area contributed by atoms with E-state index in [9.17, 15) is 19.8 Å². The lowest BCUT2D eigenvalue weighted by Gasteiger charge is -2.35. The molecule has 8 nitrogen and oxygen atoms in total. The molecule has 0 bridgehead atoms. The number of aliphatic hydroxyl groups is 1. The van der Waals surface area contributed by atoms with Gasteiger partial charge in [-0.2, -0.15) is 0 Å². The van der Waals surface area contributed by atoms with E-state index in [1.807, 2.05) is 11.9 Å². The van der Waals surface area contributed by atoms with Crippen molar-refractivity contribution in [3.8, 4) is 17.2 Å². The number of halogens is 1. The van der Waals surface area contributed by atoms with Gasteiger partial charge in [0.05, 0.1) is 26.7 Å². The topological polar surface area (TPSA) is 109 Å². The summed E-state index contributed by atoms with van der Waals surface area (Å²) in [7, 11) is 4.71. The van der Waals surface area contributed by atoms with Crippen LogP contribution >= 0.6 is 15.9 Å². The number of aromatic hydroxyl groups is 1. The van der Waals surface area contributed by atoms with Crippen LogP contribution in [0, 0.1) is 0 Å². The highest BCUT2D eigenvalue weighted by molar-refractivity contribution is 9.10. The average molecular weight is 482 g/mol. The Balaban J connectivity index is 2.01. The maximum absolute atomic E-state index is 13.0. The number of carbonyl (C=O) groups excluding carboxylic acids is 2. The monoisotopic (exact) mass is 481 g/mol. The number of likely N-dealkylation sites (tertiary alicyclic amines) is 1. The number of β-amino-alcohol motifs (C(OH)–C–C–N with tert-alkyl or cyclic N) is 1. The van der Waals surface area contributed by atoms with Gasteiger partial charge < -0.3 is 29.0 Å². The van der Waals surface area contributed by atoms with Crippen molar-refractivity contribution in [3.05, 3.63) is 39.8 Å². The van der Waals surface area contributed by atoms with E-state index in [4.69, 9.17) is 13.9 Å². The van der Waals surface area contributed by atoms with Gasteiger partial charge in [0.15, 0.2) is 16.2 Å². The van der Waals surface area contributed by atoms with Gasteiger partial charge in [-0.25, -0.2) is 0 Å². The third-order valence-corrected chi connectivity index (χ3v) is 5.74. The fourth-order valence-electron chi connectivity index (χ4n) is 3.81. The first-order chi connectivity index (χ1) is 14.3. The van der Waals surface area contributed by atoms with Crippen molar-refractivity contribution in [3.63, 3.8) is 0 Å². The zero-order chi connectivity index (χ0) is 22.0. The molecule has 1 aromatic heterocycles. The molecular formula is C21H24BrNO7. The van der Waals surface area contributed by atoms with Crippen molar-refractivity contribution in [1.82, 2.24) is 4.90 Å². The van der Waals surface area contributed by atoms with Crippen LogP contribution in [0.2, 0.25) is 0 Å². The summed E-state index contributed by atoms with van der Waals surface area (Å²) in [5.41, 5.74) is 0.230. The lowest BCUT2D eigenvalue weighted by Crippen LogP contribution is -2.40. The molecule has 0 aliphatic carbocycles. The highest BCUT2D eigenvalue weighted by Gasteiger charge is 2.35. The lowest BCUT2D eigenvalue weighted by atomic mass is 9.84. The molecule has 2 atom stereocenters. The summed E-state index contributed by atoms with van der Waals surface area (Å²) in [6, 6.07) is 4.52. The Morgan fingerprint density at radius 3 is 2.50 bits per heavy atom. The minimum atomic E-state index is -0.748. The molecule has 1 aliphatic heterocycles. The predicted octanol–water partition coefficient (Wildman–Crippen LogP) is 3.00. The molecule has 1 aliphatic rings. The first-order valence-corrected chi connectivity index (χ1v) is 10.2. The number of ether oxygens (including phenoxy) is 2. The number of hydrogen-bond acceptors (Lipinski definition) is 8. The Bertz CT molecular complexity index is 955. The molecule has 0 unspecified atom stereocenters. The van der Waals surface area contributed by atoms with E-state index in [1.54, 1.807) is 6.07 Å². The van der Waals surface area contributed by atoms with E-state index in [0.29, 0.717) is 35.5 Å². The fourth-order valence-corrected chi connectivity index (χ4v) is 4.11. The van der Waals surface area contributed by atoms with Gasteiger partial charge in [-0.15, -0.1) is 0 Å². The normalized spacial score (nSPS) is 19.5. The second-order valence-corrected chi connectivity index (χ2v) is 8.05. The molecule has 0 saturated carbocycles. The quantitative estimate of drug-likeness (QED) is 0.458. The third-order valence-electron chi connectivity index (χ3n) is 5.31. The van der Waals surface area contributed by atoms with Gasteiger partial charge in [-0.05, 0) is 48.1 Å². The van der Waals surface area contributed by atoms with Crippen LogP contribution in [0.15, 0.2) is 27.3 Å². The van der Waals surface area contributed by atoms with Crippen LogP contribution in [0.5, 0.6) is 17.2 Å². The van der Waals surface area contributed by atoms with Crippen LogP contribution in [-0.4, -0.2) is 67.1 Å². The number of benzene rings is 1. The number of likely N-dealkylation sites (N-methyl/N-ethyl adjacent to an activating group) is 1. The van der Waals surface area contributed by atoms with Gasteiger partial charge in [0.2, 0.25) is 5.78 Å². The molecule has 2 aromatic rings. The molecule has 1 saturated heterocycles. The summed E-state index contributed by atoms with van der Waals surface area (Å²) in [4.78, 5) is 27.4. The molecule has 30 heavy (non-hydrogen) atoms. The predicted molar refractivity (Wildman–Crippen MR) is 112 cm³/mol. The SMILES string of the molecule is COc1cc(OC)c([C@H]2CCN(C)C[C@H]2O)c(O)c1C(=O)CC(=O)c1ccc(Br)o1. The fraction of sp³-hybridized carbons (Fsp3) is 0.429. The molecule has 1 aromatic carbocycles. The number of methoxy groups -OCH3 is 2. The van der Waals surface area contributed by atoms with Gasteiger partial charge in [0.1, 0.15) is 22.8 Å². The number of phenolic OH excluding ortho intramolecular Hbond substituents is 1. The van der Waals surface area contributed by atoms with E-state index in [-0.39, 0.29) is 22.8 Å². The molecule has 2 heterocycles. The lowest BCUT2D eigenvalue weighted by molar-refractivity contribution is 0.0618. The molecule has 3 rings (SSSR count). The van der Waals surface area contributed by atoms with Crippen molar-refractivity contribution in [2.75, 3.05) is 34.4 Å². The highest BCUT2D eigenvalue weighted by atomic mass is 79.9. The Morgan fingerprint density at radius 2 is 1.93 bits per heavy atom. The molecule has 0 spiro atoms. The zero-order valence-electron chi connectivity index (χ0n) is 17.0. The van der Waals surface area contributed by atoms with E-state index >= 15 is 0 Å². The van der Waals surface area contributed by atoms with Crippen LogP contribution in [0.25, 0.3) is 0 Å². The Morgan fingerprint density at radius 1 is 1.23 bits per heavy atom. The number of ketones is 2. The third kappa shape index (κ3) is 4.38. The maximum Gasteiger partial charge on any atom is 0.205 e. The van der Waals surface area contributed by atoms with Gasteiger partial charge >= 0.3 is 0 Å². The Kier molecular flexibility index (Phi) is 6.84. The summed E-state index contributed by atoms with van der Waals surface area (Å²) in [5.74, 6) is -1.46. The number of carbonyl (C=O) groups is 2. The number of aliphatic hydroxyl groups excluding tert-OH is 1. The van der Waals surface area contributed by atoms with Crippen LogP contribution in [0.3, 0.4) is 0 Å². The second kappa shape index (κ2) is 9.20. The number of hydrogen-bond donors (Lipinski definition) is 2. The Hall–Kier alpha value is -2.36. The molecule has 162 valence electrons. The molecule has 0 amide bonds. The molecule has 1 fully saturated rings. The van der Waals surface area contributed by atoms with Crippen LogP contribution in [-0.2, 0) is 0 Å². The van der Waals surface area contributed by atoms with Crippen molar-refractivity contribution in [1.29, 1.82) is 0 Å². The zero-order valence-corrected chi connectivity index (χ0v) is 18.6. The summed E-state index contributed by atoms with van der Waals surface area (Å²) >= 11 is 3.12. The standard InChI is InChI=1S/C21H24BrNO7/c1-23-7-6-11(14(26)10-23)19-16(28-2)9-17(29-3)20(21(19)27)13(25)8-12(24)15-4-5-18(22)30-15/h4-5,9,11,14,26-27H,6-8,10H2,1-3H3/t11-,14+/m0/s1. The number of furan rings is 1. The molecule has 0 radical (unpaired) electrons. The van der Waals surface area contributed by atoms with Crippen molar-refractivity contribution < 1.29 is 33.7 Å². The van der Waals surface area contributed by atoms with Crippen LogP contribution < -0.4 is 9.47 Å².